The molecule has 2 fully saturated rings. The van der Waals surface area contributed by atoms with Crippen LogP contribution < -0.4 is 0 Å². The van der Waals surface area contributed by atoms with Crippen molar-refractivity contribution < 1.29 is 14.3 Å². The highest BCUT2D eigenvalue weighted by molar-refractivity contribution is 6.00. The zero-order chi connectivity index (χ0) is 25.6. The van der Waals surface area contributed by atoms with E-state index in [9.17, 15) is 9.59 Å². The molecule has 2 saturated heterocycles. The van der Waals surface area contributed by atoms with Gasteiger partial charge in [0.05, 0.1) is 11.0 Å². The second kappa shape index (κ2) is 9.35. The van der Waals surface area contributed by atoms with E-state index in [-0.39, 0.29) is 35.8 Å². The summed E-state index contributed by atoms with van der Waals surface area (Å²) in [5.74, 6) is 0.0833. The summed E-state index contributed by atoms with van der Waals surface area (Å²) in [4.78, 5) is 37.6. The van der Waals surface area contributed by atoms with Gasteiger partial charge in [0, 0.05) is 41.9 Å². The van der Waals surface area contributed by atoms with E-state index in [4.69, 9.17) is 4.74 Å². The van der Waals surface area contributed by atoms with Gasteiger partial charge in [0.1, 0.15) is 6.61 Å². The van der Waals surface area contributed by atoms with Crippen molar-refractivity contribution >= 4 is 22.9 Å². The fourth-order valence-electron chi connectivity index (χ4n) is 6.91. The van der Waals surface area contributed by atoms with Crippen LogP contribution in [0.25, 0.3) is 22.2 Å². The number of piperidine rings is 2. The highest BCUT2D eigenvalue weighted by atomic mass is 16.6. The normalized spacial score (nSPS) is 22.1. The molecule has 2 unspecified atom stereocenters. The molecular formula is C32H29N3O3. The summed E-state index contributed by atoms with van der Waals surface area (Å²) in [6.07, 6.45) is 7.32. The summed E-state index contributed by atoms with van der Waals surface area (Å²) in [6.45, 7) is 0.323. The summed E-state index contributed by atoms with van der Waals surface area (Å²) >= 11 is 0. The van der Waals surface area contributed by atoms with Crippen LogP contribution in [0.3, 0.4) is 0 Å². The number of nitrogens with zero attached hydrogens (tertiary/aromatic N) is 3. The minimum Gasteiger partial charge on any atom is -0.448 e. The van der Waals surface area contributed by atoms with E-state index < -0.39 is 0 Å². The predicted octanol–water partition coefficient (Wildman–Crippen LogP) is 6.39. The van der Waals surface area contributed by atoms with Gasteiger partial charge in [-0.2, -0.15) is 0 Å². The van der Waals surface area contributed by atoms with Crippen LogP contribution in [0.2, 0.25) is 0 Å². The molecule has 3 aromatic carbocycles. The zero-order valence-corrected chi connectivity index (χ0v) is 21.1. The largest absolute Gasteiger partial charge is 0.448 e. The van der Waals surface area contributed by atoms with Gasteiger partial charge in [-0.25, -0.2) is 4.79 Å². The van der Waals surface area contributed by atoms with Gasteiger partial charge in [0.2, 0.25) is 0 Å². The molecular weight excluding hydrogens is 474 g/mol. The van der Waals surface area contributed by atoms with Crippen LogP contribution >= 0.6 is 0 Å². The Kier molecular flexibility index (Phi) is 5.68. The number of ketones is 1. The van der Waals surface area contributed by atoms with Crippen molar-refractivity contribution in [3.63, 3.8) is 0 Å². The van der Waals surface area contributed by atoms with Crippen molar-refractivity contribution in [1.82, 2.24) is 14.9 Å². The summed E-state index contributed by atoms with van der Waals surface area (Å²) in [7, 11) is 0. The summed E-state index contributed by atoms with van der Waals surface area (Å²) in [6, 6.07) is 22.4. The third-order valence-corrected chi connectivity index (χ3v) is 8.65. The van der Waals surface area contributed by atoms with E-state index in [0.29, 0.717) is 25.0 Å². The highest BCUT2D eigenvalue weighted by Gasteiger charge is 2.44. The van der Waals surface area contributed by atoms with Crippen molar-refractivity contribution in [2.75, 3.05) is 6.61 Å². The lowest BCUT2D eigenvalue weighted by Crippen LogP contribution is -2.55. The van der Waals surface area contributed by atoms with Gasteiger partial charge in [0.25, 0.3) is 0 Å². The molecule has 0 saturated carbocycles. The van der Waals surface area contributed by atoms with Gasteiger partial charge in [-0.05, 0) is 72.6 Å². The van der Waals surface area contributed by atoms with E-state index >= 15 is 0 Å². The van der Waals surface area contributed by atoms with Crippen LogP contribution in [-0.4, -0.2) is 45.4 Å². The third kappa shape index (κ3) is 3.87. The molecule has 3 heterocycles. The number of amides is 1. The number of rotatable bonds is 4. The number of hydrogen-bond acceptors (Lipinski definition) is 5. The fraction of sp³-hybridized carbons (Fsp3) is 0.312. The number of carbonyl (C=O) groups is 2. The molecule has 6 nitrogen and oxygen atoms in total. The van der Waals surface area contributed by atoms with Crippen LogP contribution in [0.1, 0.15) is 59.5 Å². The van der Waals surface area contributed by atoms with Crippen LogP contribution in [0.15, 0.2) is 79.1 Å². The SMILES string of the molecule is O=C(c1ccc2nccnc2c1)C1CC2CCCC(C1)N2C(=O)OCC1c2ccccc2-c2ccccc21. The number of fused-ring (bicyclic) bond motifs is 6. The molecule has 2 aliphatic heterocycles. The van der Waals surface area contributed by atoms with Gasteiger partial charge in [-0.1, -0.05) is 48.5 Å². The zero-order valence-electron chi connectivity index (χ0n) is 21.1. The Morgan fingerprint density at radius 2 is 1.45 bits per heavy atom. The Labute approximate surface area is 221 Å². The number of hydrogen-bond donors (Lipinski definition) is 0. The first-order valence-electron chi connectivity index (χ1n) is 13.6. The molecule has 2 bridgehead atoms. The van der Waals surface area contributed by atoms with Crippen LogP contribution in [0, 0.1) is 5.92 Å². The number of benzene rings is 3. The molecule has 4 aromatic rings. The Hall–Kier alpha value is -4.06. The van der Waals surface area contributed by atoms with Gasteiger partial charge in [-0.15, -0.1) is 0 Å². The maximum absolute atomic E-state index is 13.5. The van der Waals surface area contributed by atoms with Gasteiger partial charge in [-0.3, -0.25) is 14.8 Å². The van der Waals surface area contributed by atoms with Gasteiger partial charge in [0.15, 0.2) is 5.78 Å². The Morgan fingerprint density at radius 3 is 2.13 bits per heavy atom. The molecule has 1 aromatic heterocycles. The molecule has 7 rings (SSSR count). The first-order valence-corrected chi connectivity index (χ1v) is 13.6. The molecule has 1 aliphatic carbocycles. The molecule has 6 heteroatoms. The van der Waals surface area contributed by atoms with Crippen LogP contribution in [0.4, 0.5) is 4.79 Å². The first kappa shape index (κ1) is 23.1. The minimum atomic E-state index is -0.242. The van der Waals surface area contributed by atoms with Gasteiger partial charge < -0.3 is 9.64 Å². The predicted molar refractivity (Wildman–Crippen MR) is 145 cm³/mol. The van der Waals surface area contributed by atoms with Crippen molar-refractivity contribution in [3.8, 4) is 11.1 Å². The number of carbonyl (C=O) groups excluding carboxylic acids is 2. The lowest BCUT2D eigenvalue weighted by Gasteiger charge is -2.47. The topological polar surface area (TPSA) is 72.4 Å². The molecule has 2 atom stereocenters. The quantitative estimate of drug-likeness (QED) is 0.302. The highest BCUT2D eigenvalue weighted by Crippen LogP contribution is 2.45. The van der Waals surface area contributed by atoms with E-state index in [2.05, 4.69) is 46.4 Å². The number of Topliss-reactive ketones (excluding diaryl/α,β-unsaturated/α-hetero) is 1. The lowest BCUT2D eigenvalue weighted by molar-refractivity contribution is 0.00651. The Bertz CT molecular complexity index is 1490. The Morgan fingerprint density at radius 1 is 0.816 bits per heavy atom. The summed E-state index contributed by atoms with van der Waals surface area (Å²) < 4.78 is 6.03. The number of aromatic nitrogens is 2. The monoisotopic (exact) mass is 503 g/mol. The second-order valence-corrected chi connectivity index (χ2v) is 10.7. The van der Waals surface area contributed by atoms with Gasteiger partial charge >= 0.3 is 6.09 Å². The second-order valence-electron chi connectivity index (χ2n) is 10.7. The average Bonchev–Trinajstić information content (AvgIpc) is 3.28. The average molecular weight is 504 g/mol. The lowest BCUT2D eigenvalue weighted by atomic mass is 9.76. The smallest absolute Gasteiger partial charge is 0.410 e. The molecule has 0 spiro atoms. The first-order chi connectivity index (χ1) is 18.7. The molecule has 190 valence electrons. The number of ether oxygens (including phenoxy) is 1. The maximum Gasteiger partial charge on any atom is 0.410 e. The van der Waals surface area contributed by atoms with Crippen molar-refractivity contribution in [3.05, 3.63) is 95.8 Å². The summed E-state index contributed by atoms with van der Waals surface area (Å²) in [5, 5.41) is 0. The van der Waals surface area contributed by atoms with E-state index in [0.717, 1.165) is 30.3 Å². The van der Waals surface area contributed by atoms with E-state index in [1.54, 1.807) is 12.4 Å². The maximum atomic E-state index is 13.5. The molecule has 0 radical (unpaired) electrons. The fourth-order valence-corrected chi connectivity index (χ4v) is 6.91. The van der Waals surface area contributed by atoms with Crippen LogP contribution in [-0.2, 0) is 4.74 Å². The molecule has 1 amide bonds. The standard InChI is InChI=1S/C32H29N3O3/c36-31(20-12-13-29-30(18-20)34-15-14-33-29)21-16-22-6-5-7-23(17-21)35(22)32(37)38-19-28-26-10-3-1-8-24(26)25-9-2-4-11-27(25)28/h1-4,8-15,18,21-23,28H,5-7,16-17,19H2. The molecule has 3 aliphatic rings. The van der Waals surface area contributed by atoms with Crippen molar-refractivity contribution in [2.24, 2.45) is 5.92 Å². The Balaban J connectivity index is 1.07. The minimum absolute atomic E-state index is 0.0346. The van der Waals surface area contributed by atoms with Crippen molar-refractivity contribution in [2.45, 2.75) is 50.1 Å². The van der Waals surface area contributed by atoms with Crippen molar-refractivity contribution in [1.29, 1.82) is 0 Å². The van der Waals surface area contributed by atoms with E-state index in [1.165, 1.54) is 22.3 Å². The molecule has 0 N–H and O–H groups in total. The third-order valence-electron chi connectivity index (χ3n) is 8.65. The van der Waals surface area contributed by atoms with Crippen LogP contribution in [0.5, 0.6) is 0 Å². The van der Waals surface area contributed by atoms with E-state index in [1.807, 2.05) is 35.2 Å². The summed E-state index contributed by atoms with van der Waals surface area (Å²) in [5.41, 5.74) is 7.06. The molecule has 38 heavy (non-hydrogen) atoms.